The van der Waals surface area contributed by atoms with Gasteiger partial charge in [0.25, 0.3) is 5.91 Å². The van der Waals surface area contributed by atoms with E-state index >= 15 is 0 Å². The fraction of sp³-hybridized carbons (Fsp3) is 0.333. The van der Waals surface area contributed by atoms with Crippen LogP contribution in [0.15, 0.2) is 29.2 Å². The number of nitrogens with zero attached hydrogens (tertiary/aromatic N) is 1. The molecule has 0 fully saturated rings. The molecule has 0 unspecified atom stereocenters. The Labute approximate surface area is 162 Å². The van der Waals surface area contributed by atoms with Gasteiger partial charge in [0, 0.05) is 24.5 Å². The second-order valence-electron chi connectivity index (χ2n) is 6.32. The van der Waals surface area contributed by atoms with E-state index in [1.54, 1.807) is 0 Å². The van der Waals surface area contributed by atoms with Gasteiger partial charge in [0.1, 0.15) is 5.00 Å². The monoisotopic (exact) mass is 408 g/mol. The second kappa shape index (κ2) is 7.41. The van der Waals surface area contributed by atoms with E-state index < -0.39 is 21.9 Å². The van der Waals surface area contributed by atoms with E-state index in [0.29, 0.717) is 10.6 Å². The van der Waals surface area contributed by atoms with Crippen LogP contribution in [0, 0.1) is 0 Å². The number of anilines is 1. The number of nitrogens with one attached hydrogen (secondary N) is 1. The highest BCUT2D eigenvalue weighted by molar-refractivity contribution is 7.89. The number of ether oxygens (including phenoxy) is 1. The number of hydrogen-bond donors (Lipinski definition) is 1. The SMILES string of the molecule is COC(=O)c1c(NC(=O)c2cccc(S(=O)(=O)N(C)C)c2)sc2c1CCC2. The molecule has 1 amide bonds. The van der Waals surface area contributed by atoms with Crippen molar-refractivity contribution < 1.29 is 22.7 Å². The van der Waals surface area contributed by atoms with Crippen molar-refractivity contribution in [2.24, 2.45) is 0 Å². The number of sulfonamides is 1. The average molecular weight is 409 g/mol. The maximum atomic E-state index is 12.7. The van der Waals surface area contributed by atoms with E-state index in [4.69, 9.17) is 4.74 Å². The maximum absolute atomic E-state index is 12.7. The molecule has 3 rings (SSSR count). The van der Waals surface area contributed by atoms with Gasteiger partial charge < -0.3 is 10.1 Å². The summed E-state index contributed by atoms with van der Waals surface area (Å²) < 4.78 is 30.5. The highest BCUT2D eigenvalue weighted by Gasteiger charge is 2.28. The molecule has 27 heavy (non-hydrogen) atoms. The molecule has 1 aromatic carbocycles. The van der Waals surface area contributed by atoms with Crippen molar-refractivity contribution in [1.82, 2.24) is 4.31 Å². The maximum Gasteiger partial charge on any atom is 0.341 e. The van der Waals surface area contributed by atoms with Gasteiger partial charge in [-0.25, -0.2) is 17.5 Å². The molecule has 0 spiro atoms. The third-order valence-electron chi connectivity index (χ3n) is 4.41. The van der Waals surface area contributed by atoms with Crippen LogP contribution in [0.2, 0.25) is 0 Å². The number of aryl methyl sites for hydroxylation is 1. The standard InChI is InChI=1S/C18H20N2O5S2/c1-20(2)27(23,24)12-7-4-6-11(10-12)16(21)19-17-15(18(22)25-3)13-8-5-9-14(13)26-17/h4,6-7,10H,5,8-9H2,1-3H3,(H,19,21). The van der Waals surface area contributed by atoms with E-state index in [1.165, 1.54) is 56.8 Å². The zero-order valence-electron chi connectivity index (χ0n) is 15.2. The average Bonchev–Trinajstić information content (AvgIpc) is 3.21. The molecule has 9 heteroatoms. The molecule has 0 saturated carbocycles. The molecule has 0 aliphatic heterocycles. The van der Waals surface area contributed by atoms with Crippen molar-refractivity contribution in [3.05, 3.63) is 45.8 Å². The van der Waals surface area contributed by atoms with E-state index in [9.17, 15) is 18.0 Å². The molecule has 0 atom stereocenters. The van der Waals surface area contributed by atoms with Gasteiger partial charge in [0.2, 0.25) is 10.0 Å². The molecular formula is C18H20N2O5S2. The van der Waals surface area contributed by atoms with Crippen molar-refractivity contribution in [3.8, 4) is 0 Å². The van der Waals surface area contributed by atoms with Gasteiger partial charge in [0.05, 0.1) is 17.6 Å². The number of hydrogen-bond acceptors (Lipinski definition) is 6. The van der Waals surface area contributed by atoms with Gasteiger partial charge in [0.15, 0.2) is 0 Å². The second-order valence-corrected chi connectivity index (χ2v) is 9.58. The lowest BCUT2D eigenvalue weighted by Gasteiger charge is -2.12. The number of thiophene rings is 1. The van der Waals surface area contributed by atoms with Gasteiger partial charge >= 0.3 is 5.97 Å². The largest absolute Gasteiger partial charge is 0.465 e. The molecule has 1 heterocycles. The van der Waals surface area contributed by atoms with Crippen LogP contribution < -0.4 is 5.32 Å². The number of methoxy groups -OCH3 is 1. The summed E-state index contributed by atoms with van der Waals surface area (Å²) in [7, 11) is 0.518. The van der Waals surface area contributed by atoms with Gasteiger partial charge in [-0.3, -0.25) is 4.79 Å². The Kier molecular flexibility index (Phi) is 5.36. The van der Waals surface area contributed by atoms with E-state index in [0.717, 1.165) is 34.0 Å². The summed E-state index contributed by atoms with van der Waals surface area (Å²) in [5.41, 5.74) is 1.54. The fourth-order valence-electron chi connectivity index (χ4n) is 2.99. The number of amides is 1. The molecule has 1 aliphatic rings. The number of benzene rings is 1. The normalized spacial score (nSPS) is 13.5. The molecule has 1 N–H and O–H groups in total. The Bertz CT molecular complexity index is 1010. The zero-order valence-corrected chi connectivity index (χ0v) is 16.9. The topological polar surface area (TPSA) is 92.8 Å². The first kappa shape index (κ1) is 19.5. The van der Waals surface area contributed by atoms with Gasteiger partial charge in [-0.1, -0.05) is 6.07 Å². The molecule has 1 aromatic heterocycles. The van der Waals surface area contributed by atoms with Crippen LogP contribution in [0.25, 0.3) is 0 Å². The van der Waals surface area contributed by atoms with Crippen LogP contribution in [0.5, 0.6) is 0 Å². The number of carbonyl (C=O) groups is 2. The predicted octanol–water partition coefficient (Wildman–Crippen LogP) is 2.53. The van der Waals surface area contributed by atoms with Crippen LogP contribution >= 0.6 is 11.3 Å². The van der Waals surface area contributed by atoms with Crippen molar-refractivity contribution in [3.63, 3.8) is 0 Å². The quantitative estimate of drug-likeness (QED) is 0.768. The first-order chi connectivity index (χ1) is 12.8. The lowest BCUT2D eigenvalue weighted by Crippen LogP contribution is -2.23. The van der Waals surface area contributed by atoms with Crippen LogP contribution in [-0.4, -0.2) is 45.8 Å². The van der Waals surface area contributed by atoms with Crippen LogP contribution in [-0.2, 0) is 27.6 Å². The smallest absolute Gasteiger partial charge is 0.341 e. The summed E-state index contributed by atoms with van der Waals surface area (Å²) >= 11 is 1.37. The lowest BCUT2D eigenvalue weighted by atomic mass is 10.1. The molecule has 0 saturated heterocycles. The Morgan fingerprint density at radius 3 is 2.63 bits per heavy atom. The van der Waals surface area contributed by atoms with E-state index in [2.05, 4.69) is 5.32 Å². The van der Waals surface area contributed by atoms with E-state index in [1.807, 2.05) is 0 Å². The minimum atomic E-state index is -3.65. The fourth-order valence-corrected chi connectivity index (χ4v) is 5.21. The Morgan fingerprint density at radius 2 is 1.96 bits per heavy atom. The first-order valence-corrected chi connectivity index (χ1v) is 10.6. The summed E-state index contributed by atoms with van der Waals surface area (Å²) in [5, 5.41) is 3.19. The molecule has 7 nitrogen and oxygen atoms in total. The third-order valence-corrected chi connectivity index (χ3v) is 7.43. The summed E-state index contributed by atoms with van der Waals surface area (Å²) in [4.78, 5) is 26.0. The van der Waals surface area contributed by atoms with Gasteiger partial charge in [-0.2, -0.15) is 0 Å². The van der Waals surface area contributed by atoms with Gasteiger partial charge in [-0.05, 0) is 43.0 Å². The van der Waals surface area contributed by atoms with Crippen molar-refractivity contribution >= 4 is 38.2 Å². The minimum absolute atomic E-state index is 0.0296. The first-order valence-electron chi connectivity index (χ1n) is 8.32. The highest BCUT2D eigenvalue weighted by Crippen LogP contribution is 2.39. The van der Waals surface area contributed by atoms with E-state index in [-0.39, 0.29) is 10.5 Å². The molecule has 0 radical (unpaired) electrons. The van der Waals surface area contributed by atoms with Crippen molar-refractivity contribution in [2.45, 2.75) is 24.2 Å². The summed E-state index contributed by atoms with van der Waals surface area (Å²) in [6, 6.07) is 5.81. The summed E-state index contributed by atoms with van der Waals surface area (Å²) in [5.74, 6) is -0.954. The van der Waals surface area contributed by atoms with Crippen molar-refractivity contribution in [1.29, 1.82) is 0 Å². The molecule has 2 aromatic rings. The van der Waals surface area contributed by atoms with Crippen LogP contribution in [0.3, 0.4) is 0 Å². The number of carbonyl (C=O) groups excluding carboxylic acids is 2. The molecule has 144 valence electrons. The molecule has 0 bridgehead atoms. The summed E-state index contributed by atoms with van der Waals surface area (Å²) in [6.07, 6.45) is 2.63. The van der Waals surface area contributed by atoms with Gasteiger partial charge in [-0.15, -0.1) is 11.3 Å². The summed E-state index contributed by atoms with van der Waals surface area (Å²) in [6.45, 7) is 0. The third kappa shape index (κ3) is 3.62. The number of fused-ring (bicyclic) bond motifs is 1. The zero-order chi connectivity index (χ0) is 19.8. The van der Waals surface area contributed by atoms with Crippen molar-refractivity contribution in [2.75, 3.05) is 26.5 Å². The van der Waals surface area contributed by atoms with Crippen LogP contribution in [0.4, 0.5) is 5.00 Å². The Morgan fingerprint density at radius 1 is 1.22 bits per heavy atom. The molecule has 1 aliphatic carbocycles. The minimum Gasteiger partial charge on any atom is -0.465 e. The number of rotatable bonds is 5. The van der Waals surface area contributed by atoms with Crippen LogP contribution in [0.1, 0.15) is 37.6 Å². The lowest BCUT2D eigenvalue weighted by molar-refractivity contribution is 0.0601. The molecular weight excluding hydrogens is 388 g/mol. The Balaban J connectivity index is 1.93. The predicted molar refractivity (Wildman–Crippen MR) is 103 cm³/mol. The number of esters is 1. The Hall–Kier alpha value is -2.23. The highest BCUT2D eigenvalue weighted by atomic mass is 32.2.